The van der Waals surface area contributed by atoms with Gasteiger partial charge in [-0.3, -0.25) is 0 Å². The van der Waals surface area contributed by atoms with Gasteiger partial charge in [0.1, 0.15) is 18.3 Å². The second-order valence-electron chi connectivity index (χ2n) is 4.01. The van der Waals surface area contributed by atoms with Crippen molar-refractivity contribution in [3.8, 4) is 0 Å². The fourth-order valence-corrected chi connectivity index (χ4v) is 1.97. The standard InChI is InChI=1S/C10H16O4/c1-5-6-7-8(9(11-4)12-6)14-10(2,3)13-7/h5-9H,1H2,2-4H3/t6-,7-,8-,9-/m1/s1. The van der Waals surface area contributed by atoms with Crippen molar-refractivity contribution < 1.29 is 18.9 Å². The molecule has 0 saturated carbocycles. The molecule has 4 heteroatoms. The summed E-state index contributed by atoms with van der Waals surface area (Å²) < 4.78 is 22.1. The van der Waals surface area contributed by atoms with E-state index in [0.29, 0.717) is 0 Å². The van der Waals surface area contributed by atoms with Crippen LogP contribution in [-0.2, 0) is 18.9 Å². The van der Waals surface area contributed by atoms with Crippen LogP contribution in [0.15, 0.2) is 12.7 Å². The summed E-state index contributed by atoms with van der Waals surface area (Å²) in [7, 11) is 1.60. The molecule has 0 aromatic rings. The fraction of sp³-hybridized carbons (Fsp3) is 0.800. The average Bonchev–Trinajstić information content (AvgIpc) is 2.57. The van der Waals surface area contributed by atoms with Crippen molar-refractivity contribution in [3.05, 3.63) is 12.7 Å². The van der Waals surface area contributed by atoms with E-state index in [1.165, 1.54) is 0 Å². The van der Waals surface area contributed by atoms with E-state index < -0.39 is 5.79 Å². The van der Waals surface area contributed by atoms with Crippen molar-refractivity contribution in [2.75, 3.05) is 7.11 Å². The van der Waals surface area contributed by atoms with E-state index in [9.17, 15) is 0 Å². The fourth-order valence-electron chi connectivity index (χ4n) is 1.97. The van der Waals surface area contributed by atoms with E-state index in [1.54, 1.807) is 13.2 Å². The summed E-state index contributed by atoms with van der Waals surface area (Å²) in [6.07, 6.45) is 0.962. The van der Waals surface area contributed by atoms with Crippen molar-refractivity contribution >= 4 is 0 Å². The van der Waals surface area contributed by atoms with E-state index >= 15 is 0 Å². The molecular formula is C10H16O4. The van der Waals surface area contributed by atoms with Crippen molar-refractivity contribution in [1.82, 2.24) is 0 Å². The predicted molar refractivity (Wildman–Crippen MR) is 49.7 cm³/mol. The zero-order valence-electron chi connectivity index (χ0n) is 8.73. The highest BCUT2D eigenvalue weighted by Gasteiger charge is 2.54. The van der Waals surface area contributed by atoms with Crippen molar-refractivity contribution in [3.63, 3.8) is 0 Å². The first-order chi connectivity index (χ1) is 6.57. The lowest BCUT2D eigenvalue weighted by molar-refractivity contribution is -0.221. The Morgan fingerprint density at radius 2 is 1.93 bits per heavy atom. The maximum absolute atomic E-state index is 5.71. The Balaban J connectivity index is 2.16. The van der Waals surface area contributed by atoms with Crippen LogP contribution in [0.25, 0.3) is 0 Å². The summed E-state index contributed by atoms with van der Waals surface area (Å²) in [4.78, 5) is 0. The van der Waals surface area contributed by atoms with Crippen LogP contribution < -0.4 is 0 Å². The number of ether oxygens (including phenoxy) is 4. The molecule has 0 aromatic heterocycles. The van der Waals surface area contributed by atoms with E-state index in [0.717, 1.165) is 0 Å². The summed E-state index contributed by atoms with van der Waals surface area (Å²) in [5, 5.41) is 0. The first-order valence-corrected chi connectivity index (χ1v) is 4.74. The van der Waals surface area contributed by atoms with Crippen LogP contribution in [0.3, 0.4) is 0 Å². The van der Waals surface area contributed by atoms with Gasteiger partial charge in [0.05, 0.1) is 0 Å². The minimum absolute atomic E-state index is 0.104. The van der Waals surface area contributed by atoms with Crippen molar-refractivity contribution in [2.24, 2.45) is 0 Å². The quantitative estimate of drug-likeness (QED) is 0.625. The van der Waals surface area contributed by atoms with E-state index in [4.69, 9.17) is 18.9 Å². The van der Waals surface area contributed by atoms with Gasteiger partial charge in [-0.15, -0.1) is 6.58 Å². The molecule has 2 aliphatic rings. The third-order valence-electron chi connectivity index (χ3n) is 2.51. The van der Waals surface area contributed by atoms with Gasteiger partial charge in [-0.1, -0.05) is 6.08 Å². The molecule has 0 amide bonds. The summed E-state index contributed by atoms with van der Waals surface area (Å²) in [5.74, 6) is -0.558. The smallest absolute Gasteiger partial charge is 0.187 e. The SMILES string of the molecule is C=C[C@H]1O[C@@H](OC)[C@@H]2OC(C)(C)O[C@@H]21. The molecule has 14 heavy (non-hydrogen) atoms. The second kappa shape index (κ2) is 3.31. The Hall–Kier alpha value is -0.420. The highest BCUT2D eigenvalue weighted by Crippen LogP contribution is 2.38. The minimum atomic E-state index is -0.558. The predicted octanol–water partition coefficient (Wildman–Crippen LogP) is 1.06. The van der Waals surface area contributed by atoms with Gasteiger partial charge >= 0.3 is 0 Å². The summed E-state index contributed by atoms with van der Waals surface area (Å²) >= 11 is 0. The maximum Gasteiger partial charge on any atom is 0.187 e. The molecule has 0 aliphatic carbocycles. The van der Waals surface area contributed by atoms with Gasteiger partial charge in [0.25, 0.3) is 0 Å². The first-order valence-electron chi connectivity index (χ1n) is 4.74. The Kier molecular flexibility index (Phi) is 2.39. The van der Waals surface area contributed by atoms with E-state index in [1.807, 2.05) is 13.8 Å². The highest BCUT2D eigenvalue weighted by atomic mass is 16.8. The Morgan fingerprint density at radius 3 is 2.50 bits per heavy atom. The molecule has 80 valence electrons. The maximum atomic E-state index is 5.71. The molecule has 4 atom stereocenters. The van der Waals surface area contributed by atoms with Crippen LogP contribution in [0.1, 0.15) is 13.8 Å². The largest absolute Gasteiger partial charge is 0.353 e. The van der Waals surface area contributed by atoms with Crippen LogP contribution in [0.2, 0.25) is 0 Å². The zero-order valence-corrected chi connectivity index (χ0v) is 8.73. The van der Waals surface area contributed by atoms with Gasteiger partial charge < -0.3 is 18.9 Å². The summed E-state index contributed by atoms with van der Waals surface area (Å²) in [6.45, 7) is 7.48. The topological polar surface area (TPSA) is 36.9 Å². The molecule has 0 spiro atoms. The second-order valence-corrected chi connectivity index (χ2v) is 4.01. The first kappa shape index (κ1) is 10.1. The van der Waals surface area contributed by atoms with Crippen LogP contribution in [0, 0.1) is 0 Å². The number of methoxy groups -OCH3 is 1. The molecule has 0 unspecified atom stereocenters. The zero-order chi connectivity index (χ0) is 10.3. The van der Waals surface area contributed by atoms with Gasteiger partial charge in [-0.2, -0.15) is 0 Å². The molecule has 2 heterocycles. The Bertz CT molecular complexity index is 238. The van der Waals surface area contributed by atoms with Gasteiger partial charge in [-0.25, -0.2) is 0 Å². The van der Waals surface area contributed by atoms with Gasteiger partial charge in [0.2, 0.25) is 0 Å². The molecule has 0 aromatic carbocycles. The molecule has 0 N–H and O–H groups in total. The van der Waals surface area contributed by atoms with Crippen LogP contribution >= 0.6 is 0 Å². The average molecular weight is 200 g/mol. The van der Waals surface area contributed by atoms with E-state index in [-0.39, 0.29) is 24.6 Å². The van der Waals surface area contributed by atoms with Gasteiger partial charge in [-0.05, 0) is 13.8 Å². The minimum Gasteiger partial charge on any atom is -0.353 e. The summed E-state index contributed by atoms with van der Waals surface area (Å²) in [5.41, 5.74) is 0. The number of fused-ring (bicyclic) bond motifs is 1. The monoisotopic (exact) mass is 200 g/mol. The van der Waals surface area contributed by atoms with Crippen LogP contribution in [-0.4, -0.2) is 37.5 Å². The van der Waals surface area contributed by atoms with Gasteiger partial charge in [0, 0.05) is 7.11 Å². The molecule has 4 nitrogen and oxygen atoms in total. The molecule has 2 rings (SSSR count). The number of rotatable bonds is 2. The Morgan fingerprint density at radius 1 is 1.29 bits per heavy atom. The lowest BCUT2D eigenvalue weighted by Gasteiger charge is -2.22. The van der Waals surface area contributed by atoms with Crippen LogP contribution in [0.5, 0.6) is 0 Å². The molecule has 2 saturated heterocycles. The lowest BCUT2D eigenvalue weighted by atomic mass is 10.1. The van der Waals surface area contributed by atoms with E-state index in [2.05, 4.69) is 6.58 Å². The lowest BCUT2D eigenvalue weighted by Crippen LogP contribution is -2.30. The molecule has 0 radical (unpaired) electrons. The number of hydrogen-bond donors (Lipinski definition) is 0. The normalized spacial score (nSPS) is 45.1. The molecule has 0 bridgehead atoms. The van der Waals surface area contributed by atoms with Crippen molar-refractivity contribution in [1.29, 1.82) is 0 Å². The van der Waals surface area contributed by atoms with Gasteiger partial charge in [0.15, 0.2) is 12.1 Å². The highest BCUT2D eigenvalue weighted by molar-refractivity contribution is 5.01. The number of hydrogen-bond acceptors (Lipinski definition) is 4. The molecular weight excluding hydrogens is 184 g/mol. The Labute approximate surface area is 83.8 Å². The molecule has 2 fully saturated rings. The summed E-state index contributed by atoms with van der Waals surface area (Å²) in [6, 6.07) is 0. The third-order valence-corrected chi connectivity index (χ3v) is 2.51. The van der Waals surface area contributed by atoms with Crippen molar-refractivity contribution in [2.45, 2.75) is 44.2 Å². The molecule has 2 aliphatic heterocycles. The third kappa shape index (κ3) is 1.48. The van der Waals surface area contributed by atoms with Crippen LogP contribution in [0.4, 0.5) is 0 Å².